The minimum atomic E-state index is -3.09. The van der Waals surface area contributed by atoms with E-state index >= 15 is 0 Å². The van der Waals surface area contributed by atoms with Gasteiger partial charge in [-0.2, -0.15) is 4.31 Å². The Kier molecular flexibility index (Phi) is 5.21. The molecule has 0 aliphatic heterocycles. The zero-order valence-electron chi connectivity index (χ0n) is 10.4. The second-order valence-corrected chi connectivity index (χ2v) is 6.56. The van der Waals surface area contributed by atoms with E-state index in [1.807, 2.05) is 13.8 Å². The third-order valence-corrected chi connectivity index (χ3v) is 5.29. The van der Waals surface area contributed by atoms with Gasteiger partial charge < -0.3 is 5.73 Å². The summed E-state index contributed by atoms with van der Waals surface area (Å²) in [6.07, 6.45) is 3.86. The monoisotopic (exact) mass is 248 g/mol. The van der Waals surface area contributed by atoms with Crippen molar-refractivity contribution in [2.45, 2.75) is 45.6 Å². The van der Waals surface area contributed by atoms with E-state index in [2.05, 4.69) is 0 Å². The van der Waals surface area contributed by atoms with Gasteiger partial charge in [0.15, 0.2) is 0 Å². The summed E-state index contributed by atoms with van der Waals surface area (Å²) in [5, 5.41) is 0. The Bertz CT molecular complexity index is 295. The number of nitrogens with zero attached hydrogens (tertiary/aromatic N) is 1. The zero-order valence-corrected chi connectivity index (χ0v) is 11.2. The van der Waals surface area contributed by atoms with Gasteiger partial charge in [0.1, 0.15) is 0 Å². The van der Waals surface area contributed by atoms with E-state index in [1.165, 1.54) is 0 Å². The maximum atomic E-state index is 12.2. The SMILES string of the molecule is CCC(CC)N(CCN)S(=O)(=O)CC1CC1. The van der Waals surface area contributed by atoms with Crippen LogP contribution in [0.5, 0.6) is 0 Å². The van der Waals surface area contributed by atoms with Crippen molar-refractivity contribution in [3.63, 3.8) is 0 Å². The molecule has 0 spiro atoms. The number of hydrogen-bond acceptors (Lipinski definition) is 3. The first kappa shape index (κ1) is 13.9. The standard InChI is InChI=1S/C11H24N2O2S/c1-3-11(4-2)13(8-7-12)16(14,15)9-10-5-6-10/h10-11H,3-9,12H2,1-2H3. The van der Waals surface area contributed by atoms with Crippen LogP contribution in [0.15, 0.2) is 0 Å². The highest BCUT2D eigenvalue weighted by Gasteiger charge is 2.34. The van der Waals surface area contributed by atoms with Gasteiger partial charge in [-0.25, -0.2) is 8.42 Å². The minimum absolute atomic E-state index is 0.118. The Morgan fingerprint density at radius 3 is 2.25 bits per heavy atom. The van der Waals surface area contributed by atoms with Crippen molar-refractivity contribution in [1.29, 1.82) is 0 Å². The third-order valence-electron chi connectivity index (χ3n) is 3.20. The molecule has 2 N–H and O–H groups in total. The van der Waals surface area contributed by atoms with E-state index in [-0.39, 0.29) is 6.04 Å². The van der Waals surface area contributed by atoms with Crippen LogP contribution in [0, 0.1) is 5.92 Å². The topological polar surface area (TPSA) is 63.4 Å². The van der Waals surface area contributed by atoms with Gasteiger partial charge in [-0.1, -0.05) is 13.8 Å². The molecule has 1 saturated carbocycles. The highest BCUT2D eigenvalue weighted by atomic mass is 32.2. The van der Waals surface area contributed by atoms with Gasteiger partial charge >= 0.3 is 0 Å². The van der Waals surface area contributed by atoms with Crippen LogP contribution in [0.2, 0.25) is 0 Å². The molecule has 0 aromatic rings. The lowest BCUT2D eigenvalue weighted by atomic mass is 10.2. The molecule has 0 unspecified atom stereocenters. The maximum Gasteiger partial charge on any atom is 0.214 e. The first-order chi connectivity index (χ1) is 7.55. The third kappa shape index (κ3) is 3.71. The number of hydrogen-bond donors (Lipinski definition) is 1. The fourth-order valence-corrected chi connectivity index (χ4v) is 4.31. The summed E-state index contributed by atoms with van der Waals surface area (Å²) < 4.78 is 26.0. The molecular weight excluding hydrogens is 224 g/mol. The van der Waals surface area contributed by atoms with Crippen LogP contribution in [0.1, 0.15) is 39.5 Å². The normalized spacial score (nSPS) is 17.3. The van der Waals surface area contributed by atoms with Crippen molar-refractivity contribution >= 4 is 10.0 Å². The maximum absolute atomic E-state index is 12.2. The first-order valence-electron chi connectivity index (χ1n) is 6.24. The van der Waals surface area contributed by atoms with Crippen molar-refractivity contribution in [2.75, 3.05) is 18.8 Å². The Labute approximate surface area is 99.2 Å². The molecule has 0 radical (unpaired) electrons. The lowest BCUT2D eigenvalue weighted by Crippen LogP contribution is -2.44. The van der Waals surface area contributed by atoms with Gasteiger partial charge in [-0.3, -0.25) is 0 Å². The molecule has 5 heteroatoms. The summed E-state index contributed by atoms with van der Waals surface area (Å²) in [6, 6.07) is 0.118. The first-order valence-corrected chi connectivity index (χ1v) is 7.85. The fraction of sp³-hybridized carbons (Fsp3) is 1.00. The molecule has 1 rings (SSSR count). The Morgan fingerprint density at radius 1 is 1.31 bits per heavy atom. The summed E-state index contributed by atoms with van der Waals surface area (Å²) in [5.74, 6) is 0.725. The van der Waals surface area contributed by atoms with Crippen LogP contribution in [-0.2, 0) is 10.0 Å². The van der Waals surface area contributed by atoms with Gasteiger partial charge in [0, 0.05) is 19.1 Å². The molecule has 0 heterocycles. The molecule has 16 heavy (non-hydrogen) atoms. The van der Waals surface area contributed by atoms with Crippen LogP contribution in [0.3, 0.4) is 0 Å². The molecule has 0 amide bonds. The van der Waals surface area contributed by atoms with Gasteiger partial charge in [-0.15, -0.1) is 0 Å². The average molecular weight is 248 g/mol. The fourth-order valence-electron chi connectivity index (χ4n) is 2.05. The van der Waals surface area contributed by atoms with Crippen LogP contribution in [0.4, 0.5) is 0 Å². The number of rotatable bonds is 8. The minimum Gasteiger partial charge on any atom is -0.329 e. The molecule has 4 nitrogen and oxygen atoms in total. The molecule has 96 valence electrons. The lowest BCUT2D eigenvalue weighted by molar-refractivity contribution is 0.308. The molecule has 1 aliphatic rings. The van der Waals surface area contributed by atoms with Gasteiger partial charge in [0.05, 0.1) is 5.75 Å². The molecule has 1 fully saturated rings. The van der Waals surface area contributed by atoms with Crippen LogP contribution < -0.4 is 5.73 Å². The van der Waals surface area contributed by atoms with Crippen LogP contribution in [0.25, 0.3) is 0 Å². The summed E-state index contributed by atoms with van der Waals surface area (Å²) >= 11 is 0. The lowest BCUT2D eigenvalue weighted by Gasteiger charge is -2.29. The van der Waals surface area contributed by atoms with Crippen molar-refractivity contribution in [3.8, 4) is 0 Å². The molecule has 0 aromatic heterocycles. The quantitative estimate of drug-likeness (QED) is 0.701. The van der Waals surface area contributed by atoms with Crippen molar-refractivity contribution in [2.24, 2.45) is 11.7 Å². The molecule has 0 aromatic carbocycles. The van der Waals surface area contributed by atoms with E-state index in [9.17, 15) is 8.42 Å². The Hall–Kier alpha value is -0.130. The number of sulfonamides is 1. The van der Waals surface area contributed by atoms with Crippen LogP contribution >= 0.6 is 0 Å². The highest BCUT2D eigenvalue weighted by Crippen LogP contribution is 2.31. The van der Waals surface area contributed by atoms with Crippen molar-refractivity contribution < 1.29 is 8.42 Å². The van der Waals surface area contributed by atoms with E-state index in [1.54, 1.807) is 4.31 Å². The van der Waals surface area contributed by atoms with Crippen LogP contribution in [-0.4, -0.2) is 37.6 Å². The predicted octanol–water partition coefficient (Wildman–Crippen LogP) is 1.18. The summed E-state index contributed by atoms with van der Waals surface area (Å²) in [7, 11) is -3.09. The zero-order chi connectivity index (χ0) is 12.2. The predicted molar refractivity (Wildman–Crippen MR) is 66.6 cm³/mol. The Morgan fingerprint density at radius 2 is 1.88 bits per heavy atom. The molecule has 1 aliphatic carbocycles. The van der Waals surface area contributed by atoms with E-state index in [0.29, 0.717) is 24.8 Å². The largest absolute Gasteiger partial charge is 0.329 e. The Balaban J connectivity index is 2.72. The molecule has 0 atom stereocenters. The second kappa shape index (κ2) is 5.98. The van der Waals surface area contributed by atoms with Gasteiger partial charge in [0.2, 0.25) is 10.0 Å². The average Bonchev–Trinajstić information content (AvgIpc) is 3.01. The smallest absolute Gasteiger partial charge is 0.214 e. The molecule has 0 bridgehead atoms. The van der Waals surface area contributed by atoms with Gasteiger partial charge in [0.25, 0.3) is 0 Å². The summed E-state index contributed by atoms with van der Waals surface area (Å²) in [4.78, 5) is 0. The van der Waals surface area contributed by atoms with Crippen molar-refractivity contribution in [1.82, 2.24) is 4.31 Å². The van der Waals surface area contributed by atoms with Gasteiger partial charge in [-0.05, 0) is 31.6 Å². The second-order valence-electron chi connectivity index (χ2n) is 4.59. The van der Waals surface area contributed by atoms with E-state index < -0.39 is 10.0 Å². The summed E-state index contributed by atoms with van der Waals surface area (Å²) in [6.45, 7) is 4.93. The molecular formula is C11H24N2O2S. The summed E-state index contributed by atoms with van der Waals surface area (Å²) in [5.41, 5.74) is 5.51. The van der Waals surface area contributed by atoms with E-state index in [0.717, 1.165) is 25.7 Å². The van der Waals surface area contributed by atoms with E-state index in [4.69, 9.17) is 5.73 Å². The highest BCUT2D eigenvalue weighted by molar-refractivity contribution is 7.89. The number of nitrogens with two attached hydrogens (primary N) is 1. The van der Waals surface area contributed by atoms with Crippen molar-refractivity contribution in [3.05, 3.63) is 0 Å². The molecule has 0 saturated heterocycles.